The van der Waals surface area contributed by atoms with Gasteiger partial charge in [-0.3, -0.25) is 0 Å². The van der Waals surface area contributed by atoms with Crippen LogP contribution in [-0.2, 0) is 9.84 Å². The van der Waals surface area contributed by atoms with Gasteiger partial charge in [-0.25, -0.2) is 8.42 Å². The van der Waals surface area contributed by atoms with Gasteiger partial charge in [-0.15, -0.1) is 0 Å². The van der Waals surface area contributed by atoms with Crippen molar-refractivity contribution in [3.05, 3.63) is 0 Å². The van der Waals surface area contributed by atoms with Crippen LogP contribution in [0.1, 0.15) is 26.7 Å². The second kappa shape index (κ2) is 3.58. The molecule has 1 saturated carbocycles. The van der Waals surface area contributed by atoms with Gasteiger partial charge < -0.3 is 5.32 Å². The summed E-state index contributed by atoms with van der Waals surface area (Å²) in [5.74, 6) is 0.579. The fourth-order valence-corrected chi connectivity index (χ4v) is 2.61. The van der Waals surface area contributed by atoms with Crippen LogP contribution in [0.15, 0.2) is 0 Å². The molecule has 0 amide bonds. The average molecular weight is 205 g/mol. The number of sulfone groups is 1. The van der Waals surface area contributed by atoms with Crippen molar-refractivity contribution in [1.82, 2.24) is 5.32 Å². The summed E-state index contributed by atoms with van der Waals surface area (Å²) >= 11 is 0. The molecule has 1 aliphatic rings. The molecule has 0 aromatic rings. The molecule has 1 rings (SSSR count). The SMILES string of the molecule is CC(C)CNCC1(S(C)(=O)=O)CC1. The summed E-state index contributed by atoms with van der Waals surface area (Å²) < 4.78 is 22.3. The van der Waals surface area contributed by atoms with E-state index in [1.54, 1.807) is 0 Å². The topological polar surface area (TPSA) is 46.2 Å². The van der Waals surface area contributed by atoms with E-state index in [9.17, 15) is 8.42 Å². The Kier molecular flexibility index (Phi) is 3.02. The lowest BCUT2D eigenvalue weighted by molar-refractivity contribution is 0.526. The van der Waals surface area contributed by atoms with Gasteiger partial charge in [0.05, 0.1) is 4.75 Å². The van der Waals surface area contributed by atoms with Crippen LogP contribution < -0.4 is 5.32 Å². The molecule has 0 heterocycles. The van der Waals surface area contributed by atoms with E-state index < -0.39 is 14.6 Å². The van der Waals surface area contributed by atoms with Gasteiger partial charge in [0, 0.05) is 12.8 Å². The van der Waals surface area contributed by atoms with E-state index in [0.717, 1.165) is 19.4 Å². The van der Waals surface area contributed by atoms with Crippen molar-refractivity contribution in [2.75, 3.05) is 19.3 Å². The molecule has 0 saturated heterocycles. The maximum Gasteiger partial charge on any atom is 0.154 e. The molecule has 13 heavy (non-hydrogen) atoms. The standard InChI is InChI=1S/C9H19NO2S/c1-8(2)6-10-7-9(4-5-9)13(3,11)12/h8,10H,4-7H2,1-3H3. The first-order valence-electron chi connectivity index (χ1n) is 4.78. The van der Waals surface area contributed by atoms with Crippen molar-refractivity contribution >= 4 is 9.84 Å². The van der Waals surface area contributed by atoms with E-state index in [1.807, 2.05) is 0 Å². The highest BCUT2D eigenvalue weighted by molar-refractivity contribution is 7.92. The Bertz CT molecular complexity index is 265. The molecule has 0 unspecified atom stereocenters. The minimum Gasteiger partial charge on any atom is -0.315 e. The Hall–Kier alpha value is -0.0900. The van der Waals surface area contributed by atoms with Gasteiger partial charge in [-0.2, -0.15) is 0 Å². The zero-order valence-corrected chi connectivity index (χ0v) is 9.45. The quantitative estimate of drug-likeness (QED) is 0.722. The summed E-state index contributed by atoms with van der Waals surface area (Å²) in [5, 5.41) is 3.21. The smallest absolute Gasteiger partial charge is 0.154 e. The monoisotopic (exact) mass is 205 g/mol. The lowest BCUT2D eigenvalue weighted by Gasteiger charge is -2.14. The normalized spacial score (nSPS) is 20.6. The van der Waals surface area contributed by atoms with Crippen LogP contribution in [0.25, 0.3) is 0 Å². The van der Waals surface area contributed by atoms with Crippen LogP contribution in [0.4, 0.5) is 0 Å². The molecule has 0 spiro atoms. The third-order valence-corrected chi connectivity index (χ3v) is 4.72. The summed E-state index contributed by atoms with van der Waals surface area (Å²) in [5.41, 5.74) is 0. The highest BCUT2D eigenvalue weighted by atomic mass is 32.2. The molecule has 1 fully saturated rings. The molecule has 1 aliphatic carbocycles. The minimum atomic E-state index is -2.85. The molecule has 0 aromatic carbocycles. The first-order chi connectivity index (χ1) is 5.87. The number of hydrogen-bond donors (Lipinski definition) is 1. The summed E-state index contributed by atoms with van der Waals surface area (Å²) in [6, 6.07) is 0. The third-order valence-electron chi connectivity index (χ3n) is 2.59. The Morgan fingerprint density at radius 3 is 2.23 bits per heavy atom. The molecule has 0 atom stereocenters. The predicted molar refractivity (Wildman–Crippen MR) is 54.5 cm³/mol. The summed E-state index contributed by atoms with van der Waals surface area (Å²) in [6.07, 6.45) is 3.00. The van der Waals surface area contributed by atoms with Gasteiger partial charge in [0.25, 0.3) is 0 Å². The first-order valence-corrected chi connectivity index (χ1v) is 6.67. The predicted octanol–water partition coefficient (Wildman–Crippen LogP) is 0.809. The van der Waals surface area contributed by atoms with Crippen LogP contribution in [0.5, 0.6) is 0 Å². The Balaban J connectivity index is 2.37. The molecule has 0 radical (unpaired) electrons. The fourth-order valence-electron chi connectivity index (χ4n) is 1.41. The molecule has 0 bridgehead atoms. The van der Waals surface area contributed by atoms with Crippen molar-refractivity contribution in [3.63, 3.8) is 0 Å². The molecule has 0 aliphatic heterocycles. The van der Waals surface area contributed by atoms with Crippen molar-refractivity contribution in [3.8, 4) is 0 Å². The van der Waals surface area contributed by atoms with Crippen molar-refractivity contribution < 1.29 is 8.42 Å². The third kappa shape index (κ3) is 2.68. The highest BCUT2D eigenvalue weighted by Crippen LogP contribution is 2.42. The summed E-state index contributed by atoms with van der Waals surface area (Å²) in [4.78, 5) is 0. The molecule has 3 nitrogen and oxygen atoms in total. The average Bonchev–Trinajstić information content (AvgIpc) is 2.65. The van der Waals surface area contributed by atoms with E-state index in [2.05, 4.69) is 19.2 Å². The van der Waals surface area contributed by atoms with Gasteiger partial charge in [0.15, 0.2) is 9.84 Å². The molecular formula is C9H19NO2S. The maximum atomic E-state index is 11.4. The van der Waals surface area contributed by atoms with E-state index in [1.165, 1.54) is 6.26 Å². The second-order valence-electron chi connectivity index (χ2n) is 4.48. The Labute approximate surface area is 80.8 Å². The summed E-state index contributed by atoms with van der Waals surface area (Å²) in [7, 11) is -2.85. The van der Waals surface area contributed by atoms with Crippen LogP contribution in [0, 0.1) is 5.92 Å². The summed E-state index contributed by atoms with van der Waals surface area (Å²) in [6.45, 7) is 5.77. The van der Waals surface area contributed by atoms with Gasteiger partial charge >= 0.3 is 0 Å². The van der Waals surface area contributed by atoms with E-state index in [0.29, 0.717) is 12.5 Å². The van der Waals surface area contributed by atoms with Crippen molar-refractivity contribution in [2.45, 2.75) is 31.4 Å². The zero-order valence-electron chi connectivity index (χ0n) is 8.63. The minimum absolute atomic E-state index is 0.415. The number of rotatable bonds is 5. The van der Waals surface area contributed by atoms with Crippen LogP contribution in [0.2, 0.25) is 0 Å². The van der Waals surface area contributed by atoms with Crippen LogP contribution in [0.3, 0.4) is 0 Å². The van der Waals surface area contributed by atoms with E-state index in [-0.39, 0.29) is 0 Å². The highest BCUT2D eigenvalue weighted by Gasteiger charge is 2.51. The van der Waals surface area contributed by atoms with Gasteiger partial charge in [-0.1, -0.05) is 13.8 Å². The number of hydrogen-bond acceptors (Lipinski definition) is 3. The second-order valence-corrected chi connectivity index (χ2v) is 6.89. The van der Waals surface area contributed by atoms with E-state index >= 15 is 0 Å². The molecular weight excluding hydrogens is 186 g/mol. The zero-order chi connectivity index (χ0) is 10.1. The Morgan fingerprint density at radius 1 is 1.38 bits per heavy atom. The number of nitrogens with one attached hydrogen (secondary N) is 1. The largest absolute Gasteiger partial charge is 0.315 e. The maximum absolute atomic E-state index is 11.4. The fraction of sp³-hybridized carbons (Fsp3) is 1.00. The van der Waals surface area contributed by atoms with Gasteiger partial charge in [0.1, 0.15) is 0 Å². The lowest BCUT2D eigenvalue weighted by atomic mass is 10.2. The van der Waals surface area contributed by atoms with E-state index in [4.69, 9.17) is 0 Å². The lowest BCUT2D eigenvalue weighted by Crippen LogP contribution is -2.36. The van der Waals surface area contributed by atoms with Gasteiger partial charge in [0.2, 0.25) is 0 Å². The van der Waals surface area contributed by atoms with Crippen LogP contribution in [-0.4, -0.2) is 32.5 Å². The molecule has 4 heteroatoms. The molecule has 78 valence electrons. The first kappa shape index (κ1) is 11.0. The molecule has 1 N–H and O–H groups in total. The van der Waals surface area contributed by atoms with Crippen molar-refractivity contribution in [1.29, 1.82) is 0 Å². The van der Waals surface area contributed by atoms with Crippen LogP contribution >= 0.6 is 0 Å². The Morgan fingerprint density at radius 2 is 1.92 bits per heavy atom. The van der Waals surface area contributed by atoms with Crippen molar-refractivity contribution in [2.24, 2.45) is 5.92 Å². The molecule has 0 aromatic heterocycles. The van der Waals surface area contributed by atoms with Gasteiger partial charge in [-0.05, 0) is 25.3 Å².